The van der Waals surface area contributed by atoms with Crippen molar-refractivity contribution in [1.82, 2.24) is 19.0 Å². The van der Waals surface area contributed by atoms with Gasteiger partial charge in [0.25, 0.3) is 0 Å². The van der Waals surface area contributed by atoms with E-state index in [0.717, 1.165) is 11.1 Å². The highest BCUT2D eigenvalue weighted by Gasteiger charge is 2.40. The van der Waals surface area contributed by atoms with Crippen molar-refractivity contribution in [2.45, 2.75) is 24.9 Å². The van der Waals surface area contributed by atoms with Gasteiger partial charge in [0.05, 0.1) is 6.26 Å². The van der Waals surface area contributed by atoms with E-state index in [9.17, 15) is 26.4 Å². The van der Waals surface area contributed by atoms with Crippen molar-refractivity contribution in [2.24, 2.45) is 0 Å². The molecule has 2 heterocycles. The van der Waals surface area contributed by atoms with Crippen molar-refractivity contribution in [3.05, 3.63) is 64.7 Å². The van der Waals surface area contributed by atoms with Gasteiger partial charge in [-0.05, 0) is 42.4 Å². The lowest BCUT2D eigenvalue weighted by Gasteiger charge is -2.35. The monoisotopic (exact) mass is 574 g/mol. The van der Waals surface area contributed by atoms with Crippen LogP contribution in [0.3, 0.4) is 0 Å². The predicted octanol–water partition coefficient (Wildman–Crippen LogP) is 3.84. The number of piperazine rings is 1. The highest BCUT2D eigenvalue weighted by molar-refractivity contribution is 7.88. The van der Waals surface area contributed by atoms with Gasteiger partial charge in [-0.25, -0.2) is 13.2 Å². The summed E-state index contributed by atoms with van der Waals surface area (Å²) < 4.78 is 66.5. The molecule has 0 unspecified atom stereocenters. The van der Waals surface area contributed by atoms with Crippen LogP contribution in [0.4, 0.5) is 18.0 Å². The average molecular weight is 575 g/mol. The average Bonchev–Trinajstić information content (AvgIpc) is 3.29. The minimum atomic E-state index is -4.75. The van der Waals surface area contributed by atoms with Crippen LogP contribution in [0.25, 0.3) is 0 Å². The van der Waals surface area contributed by atoms with E-state index in [0.29, 0.717) is 37.7 Å². The Labute approximate surface area is 225 Å². The number of alkyl halides is 3. The topological polar surface area (TPSA) is 73.4 Å². The molecule has 2 fully saturated rings. The number of likely N-dealkylation sites (N-methyl/N-ethyl adjacent to an activating group) is 1. The third-order valence-corrected chi connectivity index (χ3v) is 8.55. The van der Waals surface area contributed by atoms with E-state index in [-0.39, 0.29) is 36.8 Å². The van der Waals surface area contributed by atoms with Crippen molar-refractivity contribution in [3.63, 3.8) is 0 Å². The van der Waals surface area contributed by atoms with Crippen LogP contribution in [0.15, 0.2) is 48.5 Å². The van der Waals surface area contributed by atoms with Gasteiger partial charge in [0, 0.05) is 62.8 Å². The molecule has 208 valence electrons. The highest BCUT2D eigenvalue weighted by atomic mass is 35.5. The summed E-state index contributed by atoms with van der Waals surface area (Å²) in [6, 6.07) is 13.0. The molecule has 0 radical (unpaired) electrons. The summed E-state index contributed by atoms with van der Waals surface area (Å²) >= 11 is 6.09. The number of carbonyl (C=O) groups excluding carboxylic acids is 1. The first-order valence-corrected chi connectivity index (χ1v) is 14.3. The zero-order chi connectivity index (χ0) is 27.7. The molecule has 13 heteroatoms. The Morgan fingerprint density at radius 3 is 2.16 bits per heavy atom. The zero-order valence-electron chi connectivity index (χ0n) is 21.1. The lowest BCUT2D eigenvalue weighted by atomic mass is 9.93. The van der Waals surface area contributed by atoms with Crippen molar-refractivity contribution in [2.75, 3.05) is 52.6 Å². The molecule has 2 aliphatic rings. The molecule has 8 nitrogen and oxygen atoms in total. The van der Waals surface area contributed by atoms with Crippen LogP contribution in [0.1, 0.15) is 17.0 Å². The quantitative estimate of drug-likeness (QED) is 0.524. The number of nitrogens with zero attached hydrogens (tertiary/aromatic N) is 4. The molecule has 2 aromatic rings. The molecule has 2 amide bonds. The molecule has 0 saturated carbocycles. The van der Waals surface area contributed by atoms with Crippen LogP contribution < -0.4 is 4.74 Å². The molecule has 38 heavy (non-hydrogen) atoms. The first kappa shape index (κ1) is 28.5. The van der Waals surface area contributed by atoms with Crippen LogP contribution in [0.2, 0.25) is 5.02 Å². The molecule has 0 bridgehead atoms. The van der Waals surface area contributed by atoms with Crippen molar-refractivity contribution >= 4 is 27.7 Å². The van der Waals surface area contributed by atoms with E-state index < -0.39 is 16.4 Å². The van der Waals surface area contributed by atoms with Crippen molar-refractivity contribution in [3.8, 4) is 5.75 Å². The third kappa shape index (κ3) is 7.10. The van der Waals surface area contributed by atoms with Crippen LogP contribution in [0.5, 0.6) is 5.75 Å². The second-order valence-corrected chi connectivity index (χ2v) is 12.1. The van der Waals surface area contributed by atoms with Gasteiger partial charge >= 0.3 is 12.4 Å². The second-order valence-electron chi connectivity index (χ2n) is 9.67. The van der Waals surface area contributed by atoms with Gasteiger partial charge in [-0.3, -0.25) is 4.90 Å². The van der Waals surface area contributed by atoms with Crippen LogP contribution >= 0.6 is 11.6 Å². The lowest BCUT2D eigenvalue weighted by Crippen LogP contribution is -2.53. The fourth-order valence-electron chi connectivity index (χ4n) is 5.04. The second kappa shape index (κ2) is 11.3. The minimum absolute atomic E-state index is 0.0219. The first-order chi connectivity index (χ1) is 17.8. The lowest BCUT2D eigenvalue weighted by molar-refractivity contribution is -0.274. The third-order valence-electron chi connectivity index (χ3n) is 6.99. The Kier molecular flexibility index (Phi) is 8.46. The molecule has 4 rings (SSSR count). The number of amides is 2. The Hall–Kier alpha value is -2.54. The standard InChI is InChI=1S/C25H30ClF3N4O4S/c1-30(15-18-3-9-21(10-4-18)37-25(27,28)29)23-17-32(16-22(23)19-5-7-20(26)8-6-19)24(34)31-11-13-33(14-12-31)38(2,35)36/h3-10,22-23H,11-17H2,1-2H3/t22-,23-/m1/s1. The number of halogens is 4. The summed E-state index contributed by atoms with van der Waals surface area (Å²) in [7, 11) is -1.38. The number of carbonyl (C=O) groups is 1. The Morgan fingerprint density at radius 1 is 1.00 bits per heavy atom. The van der Waals surface area contributed by atoms with Crippen molar-refractivity contribution < 1.29 is 31.1 Å². The van der Waals surface area contributed by atoms with Gasteiger partial charge in [0.2, 0.25) is 10.0 Å². The van der Waals surface area contributed by atoms with Crippen LogP contribution in [-0.2, 0) is 16.6 Å². The van der Waals surface area contributed by atoms with Crippen molar-refractivity contribution in [1.29, 1.82) is 0 Å². The Balaban J connectivity index is 1.47. The van der Waals surface area contributed by atoms with E-state index in [1.807, 2.05) is 31.3 Å². The number of sulfonamides is 1. The molecule has 0 aliphatic carbocycles. The van der Waals surface area contributed by atoms with E-state index in [1.54, 1.807) is 21.9 Å². The van der Waals surface area contributed by atoms with E-state index in [4.69, 9.17) is 11.6 Å². The molecular formula is C25H30ClF3N4O4S. The number of rotatable bonds is 6. The fourth-order valence-corrected chi connectivity index (χ4v) is 5.99. The van der Waals surface area contributed by atoms with Gasteiger partial charge in [0.1, 0.15) is 5.75 Å². The number of ether oxygens (including phenoxy) is 1. The number of likely N-dealkylation sites (tertiary alicyclic amines) is 1. The Bertz CT molecular complexity index is 1220. The smallest absolute Gasteiger partial charge is 0.406 e. The molecule has 2 atom stereocenters. The Morgan fingerprint density at radius 2 is 1.61 bits per heavy atom. The first-order valence-electron chi connectivity index (χ1n) is 12.1. The van der Waals surface area contributed by atoms with Gasteiger partial charge in [-0.1, -0.05) is 35.9 Å². The van der Waals surface area contributed by atoms with E-state index in [2.05, 4.69) is 9.64 Å². The summed E-state index contributed by atoms with van der Waals surface area (Å²) in [6.07, 6.45) is -3.58. The molecule has 0 aromatic heterocycles. The summed E-state index contributed by atoms with van der Waals surface area (Å²) in [4.78, 5) is 19.0. The molecule has 0 spiro atoms. The fraction of sp³-hybridized carbons (Fsp3) is 0.480. The van der Waals surface area contributed by atoms with Gasteiger partial charge < -0.3 is 14.5 Å². The van der Waals surface area contributed by atoms with E-state index >= 15 is 0 Å². The van der Waals surface area contributed by atoms with Crippen LogP contribution in [0, 0.1) is 0 Å². The maximum Gasteiger partial charge on any atom is 0.573 e. The molecule has 2 aromatic carbocycles. The SMILES string of the molecule is CN(Cc1ccc(OC(F)(F)F)cc1)[C@@H]1CN(C(=O)N2CCN(S(C)(=O)=O)CC2)C[C@@H]1c1ccc(Cl)cc1. The molecule has 2 saturated heterocycles. The maximum atomic E-state index is 13.4. The summed E-state index contributed by atoms with van der Waals surface area (Å²) in [5.74, 6) is -0.303. The predicted molar refractivity (Wildman–Crippen MR) is 138 cm³/mol. The summed E-state index contributed by atoms with van der Waals surface area (Å²) in [5.41, 5.74) is 1.83. The molecule has 2 aliphatic heterocycles. The number of benzene rings is 2. The maximum absolute atomic E-state index is 13.4. The van der Waals surface area contributed by atoms with Gasteiger partial charge in [-0.2, -0.15) is 4.31 Å². The number of hydrogen-bond acceptors (Lipinski definition) is 5. The number of urea groups is 1. The minimum Gasteiger partial charge on any atom is -0.406 e. The van der Waals surface area contributed by atoms with Crippen LogP contribution in [-0.4, -0.2) is 98.4 Å². The largest absolute Gasteiger partial charge is 0.573 e. The normalized spacial score (nSPS) is 21.2. The highest BCUT2D eigenvalue weighted by Crippen LogP contribution is 2.33. The zero-order valence-corrected chi connectivity index (χ0v) is 22.6. The summed E-state index contributed by atoms with van der Waals surface area (Å²) in [6.45, 7) is 2.54. The summed E-state index contributed by atoms with van der Waals surface area (Å²) in [5, 5.41) is 0.606. The molecule has 0 N–H and O–H groups in total. The number of hydrogen-bond donors (Lipinski definition) is 0. The van der Waals surface area contributed by atoms with E-state index in [1.165, 1.54) is 22.7 Å². The van der Waals surface area contributed by atoms with Gasteiger partial charge in [-0.15, -0.1) is 13.2 Å². The molecular weight excluding hydrogens is 545 g/mol. The van der Waals surface area contributed by atoms with Gasteiger partial charge in [0.15, 0.2) is 0 Å².